The van der Waals surface area contributed by atoms with Crippen LogP contribution in [-0.2, 0) is 4.79 Å². The first-order valence-corrected chi connectivity index (χ1v) is 6.05. The van der Waals surface area contributed by atoms with Crippen molar-refractivity contribution in [3.05, 3.63) is 23.7 Å². The number of furan rings is 1. The number of carbonyl (C=O) groups excluding carboxylic acids is 1. The van der Waals surface area contributed by atoms with Crippen molar-refractivity contribution in [3.8, 4) is 0 Å². The first kappa shape index (κ1) is 12.7. The summed E-state index contributed by atoms with van der Waals surface area (Å²) in [6, 6.07) is 1.64. The Morgan fingerprint density at radius 2 is 2.17 bits per heavy atom. The highest BCUT2D eigenvalue weighted by Gasteiger charge is 2.44. The molecule has 1 atom stereocenters. The second kappa shape index (κ2) is 4.48. The Morgan fingerprint density at radius 3 is 2.72 bits per heavy atom. The molecule has 1 aromatic rings. The highest BCUT2D eigenvalue weighted by Crippen LogP contribution is 2.30. The van der Waals surface area contributed by atoms with Gasteiger partial charge < -0.3 is 14.4 Å². The zero-order chi connectivity index (χ0) is 13.3. The van der Waals surface area contributed by atoms with Crippen LogP contribution in [-0.4, -0.2) is 34.0 Å². The average Bonchev–Trinajstić information content (AvgIpc) is 2.75. The Labute approximate surface area is 105 Å². The fourth-order valence-electron chi connectivity index (χ4n) is 2.38. The molecule has 1 saturated heterocycles. The van der Waals surface area contributed by atoms with Crippen molar-refractivity contribution in [2.45, 2.75) is 38.6 Å². The van der Waals surface area contributed by atoms with Crippen molar-refractivity contribution in [2.24, 2.45) is 0 Å². The topological polar surface area (TPSA) is 70.8 Å². The minimum Gasteiger partial charge on any atom is -0.480 e. The maximum atomic E-state index is 12.3. The molecule has 2 rings (SSSR count). The van der Waals surface area contributed by atoms with Gasteiger partial charge in [0.15, 0.2) is 0 Å². The summed E-state index contributed by atoms with van der Waals surface area (Å²) in [4.78, 5) is 25.2. The minimum atomic E-state index is -1.11. The molecule has 18 heavy (non-hydrogen) atoms. The Kier molecular flexibility index (Phi) is 3.15. The molecule has 0 aliphatic carbocycles. The molecule has 1 fully saturated rings. The molecule has 1 aromatic heterocycles. The molecule has 1 unspecified atom stereocenters. The number of rotatable bonds is 2. The van der Waals surface area contributed by atoms with Crippen LogP contribution in [0.15, 0.2) is 16.7 Å². The molecule has 0 radical (unpaired) electrons. The minimum absolute atomic E-state index is 0.267. The van der Waals surface area contributed by atoms with Gasteiger partial charge in [0.25, 0.3) is 5.91 Å². The number of carboxylic acids is 1. The van der Waals surface area contributed by atoms with Crippen molar-refractivity contribution in [1.29, 1.82) is 0 Å². The normalized spacial score (nSPS) is 24.0. The van der Waals surface area contributed by atoms with Gasteiger partial charge in [-0.3, -0.25) is 4.79 Å². The molecule has 0 saturated carbocycles. The van der Waals surface area contributed by atoms with E-state index in [4.69, 9.17) is 4.42 Å². The van der Waals surface area contributed by atoms with Gasteiger partial charge in [0, 0.05) is 6.54 Å². The van der Waals surface area contributed by atoms with Crippen LogP contribution in [0.4, 0.5) is 0 Å². The second-order valence-electron chi connectivity index (χ2n) is 4.94. The fraction of sp³-hybridized carbons (Fsp3) is 0.538. The summed E-state index contributed by atoms with van der Waals surface area (Å²) in [6.45, 7) is 3.84. The zero-order valence-electron chi connectivity index (χ0n) is 10.6. The number of hydrogen-bond donors (Lipinski definition) is 1. The van der Waals surface area contributed by atoms with Gasteiger partial charge in [-0.05, 0) is 39.2 Å². The number of carbonyl (C=O) groups is 2. The largest absolute Gasteiger partial charge is 0.480 e. The van der Waals surface area contributed by atoms with Gasteiger partial charge in [0.1, 0.15) is 17.6 Å². The van der Waals surface area contributed by atoms with E-state index >= 15 is 0 Å². The van der Waals surface area contributed by atoms with Crippen LogP contribution in [0.5, 0.6) is 0 Å². The molecule has 0 aromatic carbocycles. The highest BCUT2D eigenvalue weighted by molar-refractivity contribution is 5.97. The standard InChI is InChI=1S/C13H17NO4/c1-9-7-10(8-18-9)11(15)14-6-4-3-5-13(14,2)12(16)17/h7-8H,3-6H2,1-2H3,(H,16,17). The Morgan fingerprint density at radius 1 is 1.44 bits per heavy atom. The zero-order valence-corrected chi connectivity index (χ0v) is 10.6. The van der Waals surface area contributed by atoms with E-state index in [0.29, 0.717) is 24.3 Å². The quantitative estimate of drug-likeness (QED) is 0.873. The molecule has 0 bridgehead atoms. The summed E-state index contributed by atoms with van der Waals surface area (Å²) >= 11 is 0. The van der Waals surface area contributed by atoms with Crippen LogP contribution in [0.2, 0.25) is 0 Å². The van der Waals surface area contributed by atoms with Crippen LogP contribution in [0.3, 0.4) is 0 Å². The van der Waals surface area contributed by atoms with E-state index in [9.17, 15) is 14.7 Å². The van der Waals surface area contributed by atoms with Crippen molar-refractivity contribution < 1.29 is 19.1 Å². The Balaban J connectivity index is 2.30. The van der Waals surface area contributed by atoms with E-state index in [1.165, 1.54) is 11.2 Å². The first-order chi connectivity index (χ1) is 8.45. The predicted molar refractivity (Wildman–Crippen MR) is 64.4 cm³/mol. The van der Waals surface area contributed by atoms with Crippen molar-refractivity contribution in [2.75, 3.05) is 6.54 Å². The number of hydrogen-bond acceptors (Lipinski definition) is 3. The molecular formula is C13H17NO4. The summed E-state index contributed by atoms with van der Waals surface area (Å²) in [7, 11) is 0. The third-order valence-corrected chi connectivity index (χ3v) is 3.57. The second-order valence-corrected chi connectivity index (χ2v) is 4.94. The van der Waals surface area contributed by atoms with Gasteiger partial charge >= 0.3 is 5.97 Å². The number of aryl methyl sites for hydroxylation is 1. The lowest BCUT2D eigenvalue weighted by Gasteiger charge is -2.41. The number of likely N-dealkylation sites (tertiary alicyclic amines) is 1. The number of piperidine rings is 1. The van der Waals surface area contributed by atoms with Gasteiger partial charge in [-0.25, -0.2) is 4.79 Å². The molecule has 5 heteroatoms. The number of amides is 1. The lowest BCUT2D eigenvalue weighted by molar-refractivity contribution is -0.150. The maximum Gasteiger partial charge on any atom is 0.329 e. The van der Waals surface area contributed by atoms with Crippen molar-refractivity contribution in [3.63, 3.8) is 0 Å². The fourth-order valence-corrected chi connectivity index (χ4v) is 2.38. The van der Waals surface area contributed by atoms with Crippen LogP contribution in [0.1, 0.15) is 42.3 Å². The summed E-state index contributed by atoms with van der Waals surface area (Å²) in [5.74, 6) is -0.570. The number of nitrogens with zero attached hydrogens (tertiary/aromatic N) is 1. The molecule has 98 valence electrons. The molecular weight excluding hydrogens is 234 g/mol. The third kappa shape index (κ3) is 2.00. The summed E-state index contributed by atoms with van der Waals surface area (Å²) < 4.78 is 5.11. The molecule has 0 spiro atoms. The van der Waals surface area contributed by atoms with Gasteiger partial charge in [0.05, 0.1) is 5.56 Å². The first-order valence-electron chi connectivity index (χ1n) is 6.05. The molecule has 5 nitrogen and oxygen atoms in total. The molecule has 2 heterocycles. The van der Waals surface area contributed by atoms with Crippen LogP contribution in [0.25, 0.3) is 0 Å². The van der Waals surface area contributed by atoms with E-state index in [0.717, 1.165) is 12.8 Å². The number of aliphatic carboxylic acids is 1. The third-order valence-electron chi connectivity index (χ3n) is 3.57. The van der Waals surface area contributed by atoms with Crippen LogP contribution < -0.4 is 0 Å². The van der Waals surface area contributed by atoms with E-state index in [1.807, 2.05) is 0 Å². The highest BCUT2D eigenvalue weighted by atomic mass is 16.4. The SMILES string of the molecule is Cc1cc(C(=O)N2CCCCC2(C)C(=O)O)co1. The van der Waals surface area contributed by atoms with Crippen molar-refractivity contribution >= 4 is 11.9 Å². The van der Waals surface area contributed by atoms with Crippen molar-refractivity contribution in [1.82, 2.24) is 4.90 Å². The van der Waals surface area contributed by atoms with Gasteiger partial charge in [-0.2, -0.15) is 0 Å². The Hall–Kier alpha value is -1.78. The Bertz CT molecular complexity index is 479. The molecule has 1 aliphatic heterocycles. The van der Waals surface area contributed by atoms with E-state index in [1.54, 1.807) is 19.9 Å². The smallest absolute Gasteiger partial charge is 0.329 e. The lowest BCUT2D eigenvalue weighted by Crippen LogP contribution is -2.57. The van der Waals surface area contributed by atoms with Crippen LogP contribution >= 0.6 is 0 Å². The molecule has 1 amide bonds. The lowest BCUT2D eigenvalue weighted by atomic mass is 9.88. The summed E-state index contributed by atoms with van der Waals surface area (Å²) in [6.07, 6.45) is 3.54. The van der Waals surface area contributed by atoms with Gasteiger partial charge in [-0.15, -0.1) is 0 Å². The maximum absolute atomic E-state index is 12.3. The van der Waals surface area contributed by atoms with Crippen LogP contribution in [0, 0.1) is 6.92 Å². The average molecular weight is 251 g/mol. The van der Waals surface area contributed by atoms with Gasteiger partial charge in [0.2, 0.25) is 0 Å². The molecule has 1 N–H and O–H groups in total. The summed E-state index contributed by atoms with van der Waals surface area (Å²) in [5.41, 5.74) is -0.692. The van der Waals surface area contributed by atoms with E-state index in [2.05, 4.69) is 0 Å². The predicted octanol–water partition coefficient (Wildman–Crippen LogP) is 2.06. The van der Waals surface area contributed by atoms with Gasteiger partial charge in [-0.1, -0.05) is 0 Å². The van der Waals surface area contributed by atoms with E-state index < -0.39 is 11.5 Å². The summed E-state index contributed by atoms with van der Waals surface area (Å²) in [5, 5.41) is 9.35. The molecule has 1 aliphatic rings. The monoisotopic (exact) mass is 251 g/mol. The number of carboxylic acid groups (broad SMARTS) is 1. The van der Waals surface area contributed by atoms with E-state index in [-0.39, 0.29) is 5.91 Å².